The second-order valence-corrected chi connectivity index (χ2v) is 6.28. The fourth-order valence-corrected chi connectivity index (χ4v) is 2.13. The number of benzene rings is 1. The van der Waals surface area contributed by atoms with Crippen LogP contribution < -0.4 is 10.0 Å². The molecule has 0 fully saturated rings. The van der Waals surface area contributed by atoms with E-state index in [9.17, 15) is 13.5 Å². The maximum atomic E-state index is 10.8. The Labute approximate surface area is 109 Å². The van der Waals surface area contributed by atoms with Gasteiger partial charge in [0.2, 0.25) is 10.0 Å². The van der Waals surface area contributed by atoms with Gasteiger partial charge < -0.3 is 10.4 Å². The van der Waals surface area contributed by atoms with Crippen LogP contribution in [0, 0.1) is 0 Å². The molecule has 3 N–H and O–H groups in total. The number of phenolic OH excluding ortho intramolecular Hbond substituents is 1. The molecule has 0 aliphatic carbocycles. The zero-order valence-corrected chi connectivity index (χ0v) is 11.8. The Morgan fingerprint density at radius 3 is 2.71 bits per heavy atom. The molecule has 0 aromatic heterocycles. The van der Waals surface area contributed by atoms with Gasteiger partial charge in [-0.05, 0) is 22.0 Å². The number of halogens is 1. The first-order valence-corrected chi connectivity index (χ1v) is 7.70. The standard InChI is InChI=1S/C10H15BrN2O3S/c1-17(15,16)13-6-5-12-7-8-3-2-4-9(11)10(8)14/h2-4,12-14H,5-7H2,1H3. The predicted molar refractivity (Wildman–Crippen MR) is 70.4 cm³/mol. The first-order valence-electron chi connectivity index (χ1n) is 5.02. The molecule has 7 heteroatoms. The summed E-state index contributed by atoms with van der Waals surface area (Å²) in [4.78, 5) is 0. The Balaban J connectivity index is 2.34. The van der Waals surface area contributed by atoms with Crippen molar-refractivity contribution in [2.45, 2.75) is 6.54 Å². The predicted octanol–water partition coefficient (Wildman–Crippen LogP) is 0.794. The van der Waals surface area contributed by atoms with E-state index >= 15 is 0 Å². The molecule has 0 aliphatic heterocycles. The second kappa shape index (κ2) is 6.34. The molecule has 96 valence electrons. The quantitative estimate of drug-likeness (QED) is 0.677. The van der Waals surface area contributed by atoms with Gasteiger partial charge in [0.05, 0.1) is 10.7 Å². The number of rotatable bonds is 6. The maximum Gasteiger partial charge on any atom is 0.208 e. The third kappa shape index (κ3) is 5.49. The number of nitrogens with one attached hydrogen (secondary N) is 2. The lowest BCUT2D eigenvalue weighted by atomic mass is 10.2. The van der Waals surface area contributed by atoms with Crippen LogP contribution in [0.4, 0.5) is 0 Å². The number of phenols is 1. The Kier molecular flexibility index (Phi) is 5.38. The van der Waals surface area contributed by atoms with Gasteiger partial charge in [-0.3, -0.25) is 0 Å². The molecule has 0 heterocycles. The van der Waals surface area contributed by atoms with E-state index in [0.29, 0.717) is 24.1 Å². The fourth-order valence-electron chi connectivity index (χ4n) is 1.25. The van der Waals surface area contributed by atoms with Crippen molar-refractivity contribution in [3.63, 3.8) is 0 Å². The summed E-state index contributed by atoms with van der Waals surface area (Å²) in [5.41, 5.74) is 0.763. The maximum absolute atomic E-state index is 10.8. The lowest BCUT2D eigenvalue weighted by molar-refractivity contribution is 0.461. The summed E-state index contributed by atoms with van der Waals surface area (Å²) in [5.74, 6) is 0.205. The van der Waals surface area contributed by atoms with E-state index < -0.39 is 10.0 Å². The van der Waals surface area contributed by atoms with Crippen molar-refractivity contribution in [2.75, 3.05) is 19.3 Å². The van der Waals surface area contributed by atoms with Gasteiger partial charge in [0, 0.05) is 25.2 Å². The van der Waals surface area contributed by atoms with Gasteiger partial charge in [-0.1, -0.05) is 12.1 Å². The largest absolute Gasteiger partial charge is 0.506 e. The van der Waals surface area contributed by atoms with Crippen molar-refractivity contribution in [1.82, 2.24) is 10.0 Å². The number of sulfonamides is 1. The van der Waals surface area contributed by atoms with Gasteiger partial charge in [0.1, 0.15) is 5.75 Å². The highest BCUT2D eigenvalue weighted by Gasteiger charge is 2.04. The molecule has 0 aliphatic rings. The third-order valence-corrected chi connectivity index (χ3v) is 3.42. The van der Waals surface area contributed by atoms with Gasteiger partial charge >= 0.3 is 0 Å². The fraction of sp³-hybridized carbons (Fsp3) is 0.400. The summed E-state index contributed by atoms with van der Waals surface area (Å²) < 4.78 is 24.6. The van der Waals surface area contributed by atoms with Crippen molar-refractivity contribution in [3.8, 4) is 5.75 Å². The van der Waals surface area contributed by atoms with Crippen molar-refractivity contribution < 1.29 is 13.5 Å². The van der Waals surface area contributed by atoms with Gasteiger partial charge in [-0.2, -0.15) is 0 Å². The van der Waals surface area contributed by atoms with E-state index in [1.807, 2.05) is 6.07 Å². The van der Waals surface area contributed by atoms with Crippen LogP contribution >= 0.6 is 15.9 Å². The first kappa shape index (κ1) is 14.4. The normalized spacial score (nSPS) is 11.6. The number of aromatic hydroxyl groups is 1. The van der Waals surface area contributed by atoms with E-state index in [1.54, 1.807) is 12.1 Å². The van der Waals surface area contributed by atoms with E-state index in [2.05, 4.69) is 26.0 Å². The average molecular weight is 323 g/mol. The topological polar surface area (TPSA) is 78.4 Å². The third-order valence-electron chi connectivity index (χ3n) is 2.05. The van der Waals surface area contributed by atoms with E-state index in [1.165, 1.54) is 0 Å². The summed E-state index contributed by atoms with van der Waals surface area (Å²) in [6.07, 6.45) is 1.12. The molecule has 17 heavy (non-hydrogen) atoms. The highest BCUT2D eigenvalue weighted by atomic mass is 79.9. The number of hydrogen-bond acceptors (Lipinski definition) is 4. The molecule has 0 saturated heterocycles. The van der Waals surface area contributed by atoms with Crippen LogP contribution in [0.2, 0.25) is 0 Å². The van der Waals surface area contributed by atoms with Crippen LogP contribution in [0.25, 0.3) is 0 Å². The lowest BCUT2D eigenvalue weighted by Crippen LogP contribution is -2.30. The summed E-state index contributed by atoms with van der Waals surface area (Å²) in [7, 11) is -3.13. The Morgan fingerprint density at radius 2 is 2.06 bits per heavy atom. The van der Waals surface area contributed by atoms with Crippen molar-refractivity contribution in [1.29, 1.82) is 0 Å². The van der Waals surface area contributed by atoms with Gasteiger partial charge in [-0.15, -0.1) is 0 Å². The van der Waals surface area contributed by atoms with Crippen LogP contribution in [0.1, 0.15) is 5.56 Å². The zero-order valence-electron chi connectivity index (χ0n) is 9.40. The SMILES string of the molecule is CS(=O)(=O)NCCNCc1cccc(Br)c1O. The average Bonchev–Trinajstić information content (AvgIpc) is 2.22. The first-order chi connectivity index (χ1) is 7.90. The molecule has 0 saturated carbocycles. The molecule has 1 rings (SSSR count). The zero-order chi connectivity index (χ0) is 12.9. The van der Waals surface area contributed by atoms with Crippen molar-refractivity contribution in [2.24, 2.45) is 0 Å². The van der Waals surface area contributed by atoms with Crippen molar-refractivity contribution in [3.05, 3.63) is 28.2 Å². The second-order valence-electron chi connectivity index (χ2n) is 3.59. The van der Waals surface area contributed by atoms with Crippen LogP contribution in [0.3, 0.4) is 0 Å². The number of para-hydroxylation sites is 1. The highest BCUT2D eigenvalue weighted by molar-refractivity contribution is 9.10. The van der Waals surface area contributed by atoms with Gasteiger partial charge in [0.25, 0.3) is 0 Å². The lowest BCUT2D eigenvalue weighted by Gasteiger charge is -2.08. The van der Waals surface area contributed by atoms with E-state index in [4.69, 9.17) is 0 Å². The molecular weight excluding hydrogens is 308 g/mol. The highest BCUT2D eigenvalue weighted by Crippen LogP contribution is 2.26. The minimum atomic E-state index is -3.13. The molecule has 0 amide bonds. The monoisotopic (exact) mass is 322 g/mol. The minimum absolute atomic E-state index is 0.205. The molecular formula is C10H15BrN2O3S. The molecule has 5 nitrogen and oxygen atoms in total. The smallest absolute Gasteiger partial charge is 0.208 e. The Hall–Kier alpha value is -0.630. The van der Waals surface area contributed by atoms with Crippen LogP contribution in [-0.2, 0) is 16.6 Å². The molecule has 0 bridgehead atoms. The summed E-state index contributed by atoms with van der Waals surface area (Å²) in [5, 5.41) is 12.7. The molecule has 1 aromatic carbocycles. The molecule has 0 spiro atoms. The Bertz CT molecular complexity index is 476. The molecule has 0 atom stereocenters. The summed E-state index contributed by atoms with van der Waals surface area (Å²) in [6.45, 7) is 1.31. The van der Waals surface area contributed by atoms with Crippen LogP contribution in [-0.4, -0.2) is 32.9 Å². The van der Waals surface area contributed by atoms with Gasteiger partial charge in [0.15, 0.2) is 0 Å². The summed E-state index contributed by atoms with van der Waals surface area (Å²) in [6, 6.07) is 5.39. The molecule has 1 aromatic rings. The van der Waals surface area contributed by atoms with Crippen LogP contribution in [0.5, 0.6) is 5.75 Å². The van der Waals surface area contributed by atoms with E-state index in [0.717, 1.165) is 11.8 Å². The van der Waals surface area contributed by atoms with Gasteiger partial charge in [-0.25, -0.2) is 13.1 Å². The summed E-state index contributed by atoms with van der Waals surface area (Å²) >= 11 is 3.23. The molecule has 0 radical (unpaired) electrons. The Morgan fingerprint density at radius 1 is 1.35 bits per heavy atom. The van der Waals surface area contributed by atoms with Crippen LogP contribution in [0.15, 0.2) is 22.7 Å². The van der Waals surface area contributed by atoms with E-state index in [-0.39, 0.29) is 5.75 Å². The number of hydrogen-bond donors (Lipinski definition) is 3. The molecule has 0 unspecified atom stereocenters. The minimum Gasteiger partial charge on any atom is -0.506 e. The van der Waals surface area contributed by atoms with Crippen molar-refractivity contribution >= 4 is 26.0 Å².